The highest BCUT2D eigenvalue weighted by Gasteiger charge is 2.26. The summed E-state index contributed by atoms with van der Waals surface area (Å²) in [6.07, 6.45) is 9.74. The van der Waals surface area contributed by atoms with Crippen molar-refractivity contribution < 1.29 is 22.7 Å². The number of ether oxygens (including phenoxy) is 1. The number of halogens is 1. The molecule has 0 aromatic heterocycles. The average molecular weight is 441 g/mol. The lowest BCUT2D eigenvalue weighted by molar-refractivity contribution is -0.142. The lowest BCUT2D eigenvalue weighted by Gasteiger charge is -2.20. The molecular weight excluding hydrogens is 416 g/mol. The van der Waals surface area contributed by atoms with Gasteiger partial charge in [-0.25, -0.2) is 13.2 Å². The maximum atomic E-state index is 12.9. The van der Waals surface area contributed by atoms with Crippen LogP contribution >= 0.6 is 11.6 Å². The third-order valence-corrected chi connectivity index (χ3v) is 6.52. The lowest BCUT2D eigenvalue weighted by Crippen LogP contribution is -2.32. The molecular formula is C20H25ClN2O5S. The van der Waals surface area contributed by atoms with Gasteiger partial charge in [-0.1, -0.05) is 42.7 Å². The van der Waals surface area contributed by atoms with E-state index >= 15 is 0 Å². The van der Waals surface area contributed by atoms with Crippen LogP contribution in [-0.4, -0.2) is 44.3 Å². The Balaban J connectivity index is 2.06. The second-order valence-electron chi connectivity index (χ2n) is 6.50. The maximum Gasteiger partial charge on any atom is 0.331 e. The zero-order valence-electron chi connectivity index (χ0n) is 16.3. The van der Waals surface area contributed by atoms with Crippen LogP contribution in [0.1, 0.15) is 32.6 Å². The van der Waals surface area contributed by atoms with E-state index in [-0.39, 0.29) is 15.6 Å². The summed E-state index contributed by atoms with van der Waals surface area (Å²) < 4.78 is 32.1. The molecule has 1 N–H and O–H groups in total. The molecule has 1 aliphatic rings. The molecule has 0 unspecified atom stereocenters. The number of hydrogen-bond donors (Lipinski definition) is 1. The van der Waals surface area contributed by atoms with Crippen LogP contribution in [0.4, 0.5) is 5.69 Å². The summed E-state index contributed by atoms with van der Waals surface area (Å²) in [6.45, 7) is 2.24. The summed E-state index contributed by atoms with van der Waals surface area (Å²) in [4.78, 5) is 23.6. The Bertz CT molecular complexity index is 888. The SMILES string of the molecule is C/C=C/C=C/C(=O)OCC(=O)Nc1cc(S(=O)(=O)N2CCCCCC2)ccc1Cl. The predicted octanol–water partition coefficient (Wildman–Crippen LogP) is 3.52. The highest BCUT2D eigenvalue weighted by atomic mass is 35.5. The molecule has 0 spiro atoms. The van der Waals surface area contributed by atoms with E-state index < -0.39 is 28.5 Å². The fraction of sp³-hybridized carbons (Fsp3) is 0.400. The smallest absolute Gasteiger partial charge is 0.331 e. The normalized spacial score (nSPS) is 16.1. The first kappa shape index (κ1) is 23.1. The molecule has 0 saturated carbocycles. The molecule has 2 rings (SSSR count). The van der Waals surface area contributed by atoms with Gasteiger partial charge in [0.25, 0.3) is 5.91 Å². The van der Waals surface area contributed by atoms with Crippen LogP contribution in [-0.2, 0) is 24.3 Å². The van der Waals surface area contributed by atoms with E-state index in [0.717, 1.165) is 25.7 Å². The maximum absolute atomic E-state index is 12.9. The van der Waals surface area contributed by atoms with Gasteiger partial charge in [0.15, 0.2) is 6.61 Å². The summed E-state index contributed by atoms with van der Waals surface area (Å²) in [7, 11) is -3.68. The standard InChI is InChI=1S/C20H25ClN2O5S/c1-2-3-6-9-20(25)28-15-19(24)22-18-14-16(10-11-17(18)21)29(26,27)23-12-7-4-5-8-13-23/h2-3,6,9-11,14H,4-5,7-8,12-13,15H2,1H3,(H,22,24)/b3-2+,9-6+. The van der Waals surface area contributed by atoms with Gasteiger partial charge in [0.2, 0.25) is 10.0 Å². The number of anilines is 1. The Kier molecular flexibility index (Phi) is 8.88. The second-order valence-corrected chi connectivity index (χ2v) is 8.85. The van der Waals surface area contributed by atoms with Gasteiger partial charge in [0.1, 0.15) is 0 Å². The van der Waals surface area contributed by atoms with Crippen molar-refractivity contribution in [2.24, 2.45) is 0 Å². The molecule has 1 saturated heterocycles. The first-order valence-corrected chi connectivity index (χ1v) is 11.2. The Hall–Kier alpha value is -2.16. The molecule has 1 aromatic carbocycles. The Morgan fingerprint density at radius 3 is 2.52 bits per heavy atom. The molecule has 7 nitrogen and oxygen atoms in total. The zero-order chi connectivity index (χ0) is 21.3. The average Bonchev–Trinajstić information content (AvgIpc) is 2.98. The minimum atomic E-state index is -3.68. The number of benzene rings is 1. The van der Waals surface area contributed by atoms with Crippen LogP contribution in [0.5, 0.6) is 0 Å². The van der Waals surface area contributed by atoms with Gasteiger partial charge in [0, 0.05) is 19.2 Å². The molecule has 1 amide bonds. The van der Waals surface area contributed by atoms with Crippen molar-refractivity contribution >= 4 is 39.2 Å². The quantitative estimate of drug-likeness (QED) is 0.398. The third-order valence-electron chi connectivity index (χ3n) is 4.30. The van der Waals surface area contributed by atoms with Gasteiger partial charge in [-0.3, -0.25) is 4.79 Å². The van der Waals surface area contributed by atoms with Gasteiger partial charge >= 0.3 is 5.97 Å². The molecule has 1 fully saturated rings. The van der Waals surface area contributed by atoms with Crippen LogP contribution < -0.4 is 5.32 Å². The van der Waals surface area contributed by atoms with Crippen molar-refractivity contribution in [2.75, 3.05) is 25.0 Å². The number of rotatable bonds is 7. The van der Waals surface area contributed by atoms with Crippen molar-refractivity contribution in [1.29, 1.82) is 0 Å². The number of esters is 1. The molecule has 1 aliphatic heterocycles. The van der Waals surface area contributed by atoms with Gasteiger partial charge < -0.3 is 10.1 Å². The minimum Gasteiger partial charge on any atom is -0.452 e. The highest BCUT2D eigenvalue weighted by Crippen LogP contribution is 2.28. The number of amides is 1. The topological polar surface area (TPSA) is 92.8 Å². The minimum absolute atomic E-state index is 0.0605. The van der Waals surface area contributed by atoms with E-state index in [9.17, 15) is 18.0 Å². The largest absolute Gasteiger partial charge is 0.452 e. The fourth-order valence-electron chi connectivity index (χ4n) is 2.81. The van der Waals surface area contributed by atoms with Crippen LogP contribution in [0, 0.1) is 0 Å². The van der Waals surface area contributed by atoms with E-state index in [0.29, 0.717) is 13.1 Å². The number of sulfonamides is 1. The van der Waals surface area contributed by atoms with E-state index in [1.165, 1.54) is 34.7 Å². The molecule has 0 bridgehead atoms. The predicted molar refractivity (Wildman–Crippen MR) is 112 cm³/mol. The molecule has 158 valence electrons. The number of hydrogen-bond acceptors (Lipinski definition) is 5. The van der Waals surface area contributed by atoms with Gasteiger partial charge in [-0.05, 0) is 38.0 Å². The van der Waals surface area contributed by atoms with E-state index in [1.807, 2.05) is 0 Å². The monoisotopic (exact) mass is 440 g/mol. The number of carbonyl (C=O) groups is 2. The van der Waals surface area contributed by atoms with Crippen LogP contribution in [0.3, 0.4) is 0 Å². The van der Waals surface area contributed by atoms with Crippen molar-refractivity contribution in [3.8, 4) is 0 Å². The molecule has 29 heavy (non-hydrogen) atoms. The summed E-state index contributed by atoms with van der Waals surface area (Å²) in [5.74, 6) is -1.29. The summed E-state index contributed by atoms with van der Waals surface area (Å²) in [5.41, 5.74) is 0.146. The molecule has 0 atom stereocenters. The van der Waals surface area contributed by atoms with Crippen molar-refractivity contribution in [3.63, 3.8) is 0 Å². The van der Waals surface area contributed by atoms with Gasteiger partial charge in [-0.2, -0.15) is 4.31 Å². The Labute approximate surface area is 176 Å². The number of nitrogens with one attached hydrogen (secondary N) is 1. The van der Waals surface area contributed by atoms with Crippen LogP contribution in [0.25, 0.3) is 0 Å². The lowest BCUT2D eigenvalue weighted by atomic mass is 10.2. The van der Waals surface area contributed by atoms with Crippen LogP contribution in [0.15, 0.2) is 47.4 Å². The first-order chi connectivity index (χ1) is 13.8. The van der Waals surface area contributed by atoms with E-state index in [2.05, 4.69) is 5.32 Å². The Morgan fingerprint density at radius 1 is 1.17 bits per heavy atom. The summed E-state index contributed by atoms with van der Waals surface area (Å²) in [5, 5.41) is 2.68. The summed E-state index contributed by atoms with van der Waals surface area (Å²) in [6, 6.07) is 4.17. The third kappa shape index (κ3) is 6.99. The molecule has 0 aliphatic carbocycles. The first-order valence-electron chi connectivity index (χ1n) is 9.40. The number of allylic oxidation sites excluding steroid dienone is 3. The van der Waals surface area contributed by atoms with Gasteiger partial charge in [0.05, 0.1) is 15.6 Å². The second kappa shape index (κ2) is 11.1. The number of carbonyl (C=O) groups excluding carboxylic acids is 2. The zero-order valence-corrected chi connectivity index (χ0v) is 17.8. The van der Waals surface area contributed by atoms with E-state index in [4.69, 9.17) is 16.3 Å². The molecule has 1 aromatic rings. The summed E-state index contributed by atoms with van der Waals surface area (Å²) >= 11 is 6.10. The molecule has 1 heterocycles. The van der Waals surface area contributed by atoms with Crippen molar-refractivity contribution in [1.82, 2.24) is 4.31 Å². The highest BCUT2D eigenvalue weighted by molar-refractivity contribution is 7.89. The van der Waals surface area contributed by atoms with Crippen LogP contribution in [0.2, 0.25) is 5.02 Å². The van der Waals surface area contributed by atoms with E-state index in [1.54, 1.807) is 19.1 Å². The fourth-order valence-corrected chi connectivity index (χ4v) is 4.52. The van der Waals surface area contributed by atoms with Crippen molar-refractivity contribution in [2.45, 2.75) is 37.5 Å². The Morgan fingerprint density at radius 2 is 1.86 bits per heavy atom. The number of nitrogens with zero attached hydrogens (tertiary/aromatic N) is 1. The molecule has 0 radical (unpaired) electrons. The van der Waals surface area contributed by atoms with Gasteiger partial charge in [-0.15, -0.1) is 0 Å². The van der Waals surface area contributed by atoms with Crippen molar-refractivity contribution in [3.05, 3.63) is 47.5 Å². The molecule has 9 heteroatoms.